The zero-order valence-electron chi connectivity index (χ0n) is 9.17. The van der Waals surface area contributed by atoms with E-state index in [9.17, 15) is 0 Å². The fourth-order valence-electron chi connectivity index (χ4n) is 1.68. The Balaban J connectivity index is 2.52. The first-order valence-corrected chi connectivity index (χ1v) is 6.91. The van der Waals surface area contributed by atoms with E-state index < -0.39 is 0 Å². The topological polar surface area (TPSA) is 17.8 Å². The zero-order valence-corrected chi connectivity index (χ0v) is 12.3. The smallest absolute Gasteiger partial charge is 0.0790 e. The number of benzene rings is 1. The van der Waals surface area contributed by atoms with Gasteiger partial charge in [0, 0.05) is 15.5 Å². The van der Waals surface area contributed by atoms with Crippen molar-refractivity contribution in [3.05, 3.63) is 45.7 Å². The van der Waals surface area contributed by atoms with Crippen LogP contribution in [0.4, 0.5) is 0 Å². The van der Waals surface area contributed by atoms with Gasteiger partial charge in [0.05, 0.1) is 11.4 Å². The van der Waals surface area contributed by atoms with Crippen molar-refractivity contribution in [3.8, 4) is 5.69 Å². The SMILES string of the molecule is Cc1cc(C)n(-c2ccc(CBr)cc2Br)n1. The van der Waals surface area contributed by atoms with Gasteiger partial charge in [0.1, 0.15) is 0 Å². The highest BCUT2D eigenvalue weighted by atomic mass is 79.9. The minimum absolute atomic E-state index is 0.864. The molecule has 0 aliphatic rings. The molecule has 0 spiro atoms. The van der Waals surface area contributed by atoms with E-state index >= 15 is 0 Å². The molecule has 0 amide bonds. The average Bonchev–Trinajstić information content (AvgIpc) is 2.57. The van der Waals surface area contributed by atoms with Gasteiger partial charge in [0.15, 0.2) is 0 Å². The predicted molar refractivity (Wildman–Crippen MR) is 73.4 cm³/mol. The molecule has 1 heterocycles. The summed E-state index contributed by atoms with van der Waals surface area (Å²) in [6.45, 7) is 4.06. The summed E-state index contributed by atoms with van der Waals surface area (Å²) < 4.78 is 3.02. The Bertz CT molecular complexity index is 518. The number of hydrogen-bond donors (Lipinski definition) is 0. The maximum Gasteiger partial charge on any atom is 0.0790 e. The van der Waals surface area contributed by atoms with Crippen LogP contribution in [0.25, 0.3) is 5.69 Å². The van der Waals surface area contributed by atoms with Crippen LogP contribution in [0, 0.1) is 13.8 Å². The van der Waals surface area contributed by atoms with Gasteiger partial charge in [0.25, 0.3) is 0 Å². The van der Waals surface area contributed by atoms with Gasteiger partial charge >= 0.3 is 0 Å². The minimum atomic E-state index is 0.864. The molecule has 0 saturated heterocycles. The predicted octanol–water partition coefficient (Wildman–Crippen LogP) is 4.15. The third kappa shape index (κ3) is 2.23. The molecule has 0 saturated carbocycles. The molecule has 1 aromatic heterocycles. The Morgan fingerprint density at radius 3 is 2.50 bits per heavy atom. The molecule has 2 aromatic rings. The van der Waals surface area contributed by atoms with Crippen LogP contribution in [0.2, 0.25) is 0 Å². The Morgan fingerprint density at radius 1 is 1.25 bits per heavy atom. The van der Waals surface area contributed by atoms with Crippen LogP contribution in [-0.2, 0) is 5.33 Å². The first-order chi connectivity index (χ1) is 7.61. The number of hydrogen-bond acceptors (Lipinski definition) is 1. The third-order valence-electron chi connectivity index (χ3n) is 2.40. The van der Waals surface area contributed by atoms with E-state index in [1.165, 1.54) is 5.56 Å². The van der Waals surface area contributed by atoms with Gasteiger partial charge in [0.2, 0.25) is 0 Å². The second-order valence-electron chi connectivity index (χ2n) is 3.76. The van der Waals surface area contributed by atoms with Crippen molar-refractivity contribution in [3.63, 3.8) is 0 Å². The molecule has 16 heavy (non-hydrogen) atoms. The van der Waals surface area contributed by atoms with Crippen molar-refractivity contribution in [2.45, 2.75) is 19.2 Å². The molecule has 2 rings (SSSR count). The van der Waals surface area contributed by atoms with Crippen molar-refractivity contribution in [2.75, 3.05) is 0 Å². The molecular formula is C12H12Br2N2. The lowest BCUT2D eigenvalue weighted by Gasteiger charge is -2.08. The average molecular weight is 344 g/mol. The molecular weight excluding hydrogens is 332 g/mol. The van der Waals surface area contributed by atoms with E-state index in [0.717, 1.165) is 26.9 Å². The molecule has 84 valence electrons. The van der Waals surface area contributed by atoms with Gasteiger partial charge in [-0.2, -0.15) is 5.10 Å². The molecule has 2 nitrogen and oxygen atoms in total. The summed E-state index contributed by atoms with van der Waals surface area (Å²) in [5, 5.41) is 5.34. The number of alkyl halides is 1. The fourth-order valence-corrected chi connectivity index (χ4v) is 2.62. The summed E-state index contributed by atoms with van der Waals surface area (Å²) in [6, 6.07) is 8.37. The second kappa shape index (κ2) is 4.72. The standard InChI is InChI=1S/C12H12Br2N2/c1-8-5-9(2)16(15-8)12-4-3-10(7-13)6-11(12)14/h3-6H,7H2,1-2H3. The number of aromatic nitrogens is 2. The Morgan fingerprint density at radius 2 is 2.00 bits per heavy atom. The minimum Gasteiger partial charge on any atom is -0.237 e. The lowest BCUT2D eigenvalue weighted by atomic mass is 10.2. The summed E-state index contributed by atoms with van der Waals surface area (Å²) >= 11 is 7.03. The fraction of sp³-hybridized carbons (Fsp3) is 0.250. The number of nitrogens with zero attached hydrogens (tertiary/aromatic N) is 2. The van der Waals surface area contributed by atoms with Crippen LogP contribution in [0.1, 0.15) is 17.0 Å². The number of aryl methyl sites for hydroxylation is 2. The van der Waals surface area contributed by atoms with Crippen LogP contribution < -0.4 is 0 Å². The first-order valence-electron chi connectivity index (χ1n) is 5.00. The lowest BCUT2D eigenvalue weighted by molar-refractivity contribution is 0.829. The number of halogens is 2. The molecule has 0 aliphatic carbocycles. The molecule has 0 fully saturated rings. The van der Waals surface area contributed by atoms with E-state index in [4.69, 9.17) is 0 Å². The second-order valence-corrected chi connectivity index (χ2v) is 5.17. The first kappa shape index (κ1) is 11.9. The molecule has 1 aromatic carbocycles. The molecule has 0 aliphatic heterocycles. The van der Waals surface area contributed by atoms with Crippen LogP contribution in [0.15, 0.2) is 28.7 Å². The summed E-state index contributed by atoms with van der Waals surface area (Å²) in [7, 11) is 0. The van der Waals surface area contributed by atoms with Gasteiger partial charge in [-0.1, -0.05) is 22.0 Å². The summed E-state index contributed by atoms with van der Waals surface area (Å²) in [5.41, 5.74) is 4.51. The van der Waals surface area contributed by atoms with Crippen LogP contribution >= 0.6 is 31.9 Å². The Kier molecular flexibility index (Phi) is 3.50. The molecule has 0 radical (unpaired) electrons. The quantitative estimate of drug-likeness (QED) is 0.749. The Labute approximate surface area is 112 Å². The van der Waals surface area contributed by atoms with Gasteiger partial charge in [-0.15, -0.1) is 0 Å². The van der Waals surface area contributed by atoms with Gasteiger partial charge in [-0.05, 0) is 53.5 Å². The van der Waals surface area contributed by atoms with Gasteiger partial charge in [-0.25, -0.2) is 4.68 Å². The van der Waals surface area contributed by atoms with Crippen LogP contribution in [0.5, 0.6) is 0 Å². The van der Waals surface area contributed by atoms with E-state index in [0.29, 0.717) is 0 Å². The van der Waals surface area contributed by atoms with Gasteiger partial charge in [-0.3, -0.25) is 0 Å². The van der Waals surface area contributed by atoms with Crippen molar-refractivity contribution < 1.29 is 0 Å². The van der Waals surface area contributed by atoms with Crippen LogP contribution in [-0.4, -0.2) is 9.78 Å². The lowest BCUT2D eigenvalue weighted by Crippen LogP contribution is -2.00. The van der Waals surface area contributed by atoms with Crippen molar-refractivity contribution >= 4 is 31.9 Å². The van der Waals surface area contributed by atoms with Crippen molar-refractivity contribution in [2.24, 2.45) is 0 Å². The normalized spacial score (nSPS) is 10.8. The van der Waals surface area contributed by atoms with Crippen LogP contribution in [0.3, 0.4) is 0 Å². The summed E-state index contributed by atoms with van der Waals surface area (Å²) in [6.07, 6.45) is 0. The monoisotopic (exact) mass is 342 g/mol. The zero-order chi connectivity index (χ0) is 11.7. The van der Waals surface area contributed by atoms with E-state index in [2.05, 4.69) is 68.1 Å². The third-order valence-corrected chi connectivity index (χ3v) is 3.69. The molecule has 0 bridgehead atoms. The molecule has 0 unspecified atom stereocenters. The number of rotatable bonds is 2. The maximum atomic E-state index is 4.47. The maximum absolute atomic E-state index is 4.47. The molecule has 0 N–H and O–H groups in total. The summed E-state index contributed by atoms with van der Waals surface area (Å²) in [5.74, 6) is 0. The van der Waals surface area contributed by atoms with Crippen molar-refractivity contribution in [1.82, 2.24) is 9.78 Å². The van der Waals surface area contributed by atoms with E-state index in [1.807, 2.05) is 11.6 Å². The highest BCUT2D eigenvalue weighted by Crippen LogP contribution is 2.24. The van der Waals surface area contributed by atoms with Gasteiger partial charge < -0.3 is 0 Å². The van der Waals surface area contributed by atoms with E-state index in [1.54, 1.807) is 0 Å². The molecule has 4 heteroatoms. The highest BCUT2D eigenvalue weighted by molar-refractivity contribution is 9.10. The molecule has 0 atom stereocenters. The van der Waals surface area contributed by atoms with Crippen molar-refractivity contribution in [1.29, 1.82) is 0 Å². The summed E-state index contributed by atoms with van der Waals surface area (Å²) in [4.78, 5) is 0. The highest BCUT2D eigenvalue weighted by Gasteiger charge is 2.07. The largest absolute Gasteiger partial charge is 0.237 e. The Hall–Kier alpha value is -0.610. The van der Waals surface area contributed by atoms with E-state index in [-0.39, 0.29) is 0 Å².